The molecule has 1 N–H and O–H groups in total. The lowest BCUT2D eigenvalue weighted by atomic mass is 10.1. The van der Waals surface area contributed by atoms with E-state index in [9.17, 15) is 9.59 Å². The number of nitrogens with zero attached hydrogens (tertiary/aromatic N) is 2. The highest BCUT2D eigenvalue weighted by molar-refractivity contribution is 5.97. The normalized spacial score (nSPS) is 10.9. The summed E-state index contributed by atoms with van der Waals surface area (Å²) in [6, 6.07) is 18.0. The second-order valence-corrected chi connectivity index (χ2v) is 6.09. The number of fused-ring (bicyclic) bond motifs is 2. The molecular formula is C21H17N3O3. The summed E-state index contributed by atoms with van der Waals surface area (Å²) in [5.41, 5.74) is 2.00. The number of ether oxygens (including phenoxy) is 1. The molecule has 2 aromatic carbocycles. The van der Waals surface area contributed by atoms with Crippen molar-refractivity contribution in [2.75, 3.05) is 12.4 Å². The Morgan fingerprint density at radius 1 is 1.00 bits per heavy atom. The Bertz CT molecular complexity index is 1140. The van der Waals surface area contributed by atoms with Crippen molar-refractivity contribution in [1.29, 1.82) is 0 Å². The lowest BCUT2D eigenvalue weighted by Crippen LogP contribution is -2.21. The number of pyridine rings is 2. The number of hydrogen-bond donors (Lipinski definition) is 1. The molecule has 134 valence electrons. The van der Waals surface area contributed by atoms with Crippen LogP contribution < -0.4 is 15.5 Å². The summed E-state index contributed by atoms with van der Waals surface area (Å²) in [5.74, 6) is 0.270. The van der Waals surface area contributed by atoms with Gasteiger partial charge in [0, 0.05) is 16.8 Å². The van der Waals surface area contributed by atoms with E-state index in [1.807, 2.05) is 41.0 Å². The molecule has 0 aliphatic carbocycles. The van der Waals surface area contributed by atoms with Crippen molar-refractivity contribution in [3.8, 4) is 5.88 Å². The Morgan fingerprint density at radius 3 is 2.19 bits per heavy atom. The summed E-state index contributed by atoms with van der Waals surface area (Å²) >= 11 is 0. The minimum atomic E-state index is -0.207. The average molecular weight is 359 g/mol. The highest BCUT2D eigenvalue weighted by atomic mass is 16.5. The quantitative estimate of drug-likeness (QED) is 0.568. The van der Waals surface area contributed by atoms with Crippen LogP contribution in [0, 0.1) is 0 Å². The zero-order chi connectivity index (χ0) is 18.8. The lowest BCUT2D eigenvalue weighted by molar-refractivity contribution is -0.116. The molecule has 4 rings (SSSR count). The van der Waals surface area contributed by atoms with Gasteiger partial charge in [-0.05, 0) is 30.3 Å². The van der Waals surface area contributed by atoms with E-state index in [0.29, 0.717) is 22.3 Å². The molecule has 0 saturated carbocycles. The molecule has 2 aromatic heterocycles. The van der Waals surface area contributed by atoms with Gasteiger partial charge in [-0.15, -0.1) is 0 Å². The van der Waals surface area contributed by atoms with Gasteiger partial charge < -0.3 is 14.6 Å². The monoisotopic (exact) mass is 359 g/mol. The van der Waals surface area contributed by atoms with Crippen LogP contribution in [0.5, 0.6) is 5.88 Å². The van der Waals surface area contributed by atoms with Gasteiger partial charge in [-0.2, -0.15) is 0 Å². The van der Waals surface area contributed by atoms with Crippen LogP contribution in [0.25, 0.3) is 21.8 Å². The summed E-state index contributed by atoms with van der Waals surface area (Å²) in [7, 11) is 1.53. The standard InChI is InChI=1S/C21H17N3O3/c1-27-20-11-10-14(12-22-20)23-19(25)13-24-17-8-4-2-6-15(17)21(26)16-7-3-5-9-18(16)24/h2-12H,13H2,1H3,(H,23,25). The number of carbonyl (C=O) groups excluding carboxylic acids is 1. The van der Waals surface area contributed by atoms with Gasteiger partial charge in [0.05, 0.1) is 30.0 Å². The number of amides is 1. The number of methoxy groups -OCH3 is 1. The van der Waals surface area contributed by atoms with Crippen LogP contribution in [0.2, 0.25) is 0 Å². The van der Waals surface area contributed by atoms with Crippen LogP contribution in [-0.4, -0.2) is 22.6 Å². The topological polar surface area (TPSA) is 73.2 Å². The van der Waals surface area contributed by atoms with Gasteiger partial charge in [-0.25, -0.2) is 4.98 Å². The highest BCUT2D eigenvalue weighted by Crippen LogP contribution is 2.19. The fourth-order valence-corrected chi connectivity index (χ4v) is 3.17. The van der Waals surface area contributed by atoms with Crippen LogP contribution in [-0.2, 0) is 11.3 Å². The van der Waals surface area contributed by atoms with Crippen molar-refractivity contribution in [3.05, 3.63) is 77.1 Å². The van der Waals surface area contributed by atoms with E-state index in [0.717, 1.165) is 11.0 Å². The van der Waals surface area contributed by atoms with Crippen LogP contribution in [0.1, 0.15) is 0 Å². The van der Waals surface area contributed by atoms with Gasteiger partial charge >= 0.3 is 0 Å². The fourth-order valence-electron chi connectivity index (χ4n) is 3.17. The zero-order valence-corrected chi connectivity index (χ0v) is 14.7. The van der Waals surface area contributed by atoms with Gasteiger partial charge in [0.25, 0.3) is 0 Å². The first-order valence-electron chi connectivity index (χ1n) is 8.47. The molecule has 6 heteroatoms. The van der Waals surface area contributed by atoms with E-state index >= 15 is 0 Å². The van der Waals surface area contributed by atoms with E-state index in [2.05, 4.69) is 10.3 Å². The van der Waals surface area contributed by atoms with Gasteiger partial charge in [0.15, 0.2) is 5.43 Å². The van der Waals surface area contributed by atoms with Gasteiger partial charge in [-0.1, -0.05) is 24.3 Å². The Hall–Kier alpha value is -3.67. The van der Waals surface area contributed by atoms with Crippen LogP contribution in [0.15, 0.2) is 71.7 Å². The van der Waals surface area contributed by atoms with Crippen molar-refractivity contribution in [3.63, 3.8) is 0 Å². The molecule has 0 saturated heterocycles. The fraction of sp³-hybridized carbons (Fsp3) is 0.0952. The molecule has 0 unspecified atom stereocenters. The molecule has 4 aromatic rings. The Morgan fingerprint density at radius 2 is 1.63 bits per heavy atom. The van der Waals surface area contributed by atoms with Crippen LogP contribution in [0.4, 0.5) is 5.69 Å². The van der Waals surface area contributed by atoms with Crippen LogP contribution >= 0.6 is 0 Å². The molecule has 0 aliphatic rings. The summed E-state index contributed by atoms with van der Waals surface area (Å²) in [4.78, 5) is 29.5. The second kappa shape index (κ2) is 6.92. The van der Waals surface area contributed by atoms with E-state index in [1.54, 1.807) is 30.5 Å². The largest absolute Gasteiger partial charge is 0.481 e. The molecule has 0 radical (unpaired) electrons. The lowest BCUT2D eigenvalue weighted by Gasteiger charge is -2.15. The third-order valence-electron chi connectivity index (χ3n) is 4.41. The minimum absolute atomic E-state index is 0.0304. The average Bonchev–Trinajstić information content (AvgIpc) is 2.72. The maximum atomic E-state index is 12.7. The third-order valence-corrected chi connectivity index (χ3v) is 4.41. The number of para-hydroxylation sites is 2. The predicted octanol–water partition coefficient (Wildman–Crippen LogP) is 3.20. The maximum Gasteiger partial charge on any atom is 0.244 e. The third kappa shape index (κ3) is 3.13. The molecular weight excluding hydrogens is 342 g/mol. The molecule has 0 fully saturated rings. The first kappa shape index (κ1) is 16.8. The summed E-state index contributed by atoms with van der Waals surface area (Å²) in [6.07, 6.45) is 1.54. The number of hydrogen-bond acceptors (Lipinski definition) is 4. The summed E-state index contributed by atoms with van der Waals surface area (Å²) < 4.78 is 6.88. The molecule has 0 spiro atoms. The van der Waals surface area contributed by atoms with Crippen molar-refractivity contribution >= 4 is 33.4 Å². The first-order valence-corrected chi connectivity index (χ1v) is 8.47. The van der Waals surface area contributed by atoms with Crippen LogP contribution in [0.3, 0.4) is 0 Å². The number of aromatic nitrogens is 2. The SMILES string of the molecule is COc1ccc(NC(=O)Cn2c3ccccc3c(=O)c3ccccc32)cn1. The van der Waals surface area contributed by atoms with E-state index in [-0.39, 0.29) is 17.9 Å². The molecule has 0 atom stereocenters. The number of benzene rings is 2. The minimum Gasteiger partial charge on any atom is -0.481 e. The maximum absolute atomic E-state index is 12.7. The number of nitrogens with one attached hydrogen (secondary N) is 1. The molecule has 1 amide bonds. The Kier molecular flexibility index (Phi) is 4.30. The van der Waals surface area contributed by atoms with Crippen molar-refractivity contribution in [2.45, 2.75) is 6.54 Å². The van der Waals surface area contributed by atoms with E-state index < -0.39 is 0 Å². The Balaban J connectivity index is 1.74. The molecule has 2 heterocycles. The second-order valence-electron chi connectivity index (χ2n) is 6.09. The summed E-state index contributed by atoms with van der Waals surface area (Å²) in [5, 5.41) is 4.02. The zero-order valence-electron chi connectivity index (χ0n) is 14.7. The number of anilines is 1. The van der Waals surface area contributed by atoms with Crippen molar-refractivity contribution < 1.29 is 9.53 Å². The predicted molar refractivity (Wildman–Crippen MR) is 105 cm³/mol. The molecule has 0 aliphatic heterocycles. The number of carbonyl (C=O) groups is 1. The van der Waals surface area contributed by atoms with Gasteiger partial charge in [-0.3, -0.25) is 9.59 Å². The number of rotatable bonds is 4. The van der Waals surface area contributed by atoms with E-state index in [4.69, 9.17) is 4.74 Å². The smallest absolute Gasteiger partial charge is 0.244 e. The highest BCUT2D eigenvalue weighted by Gasteiger charge is 2.13. The molecule has 6 nitrogen and oxygen atoms in total. The van der Waals surface area contributed by atoms with Gasteiger partial charge in [0.1, 0.15) is 6.54 Å². The van der Waals surface area contributed by atoms with Gasteiger partial charge in [0.2, 0.25) is 11.8 Å². The summed E-state index contributed by atoms with van der Waals surface area (Å²) in [6.45, 7) is 0.0767. The molecule has 0 bridgehead atoms. The first-order chi connectivity index (χ1) is 13.2. The van der Waals surface area contributed by atoms with E-state index in [1.165, 1.54) is 7.11 Å². The molecule has 27 heavy (non-hydrogen) atoms. The van der Waals surface area contributed by atoms with Crippen molar-refractivity contribution in [2.24, 2.45) is 0 Å². The van der Waals surface area contributed by atoms with Crippen molar-refractivity contribution in [1.82, 2.24) is 9.55 Å². The Labute approximate surface area is 155 Å².